The second-order valence-corrected chi connectivity index (χ2v) is 4.30. The Bertz CT molecular complexity index is 644. The van der Waals surface area contributed by atoms with E-state index in [0.717, 1.165) is 0 Å². The number of benzene rings is 1. The minimum Gasteiger partial charge on any atom is -0.466 e. The van der Waals surface area contributed by atoms with Gasteiger partial charge in [-0.05, 0) is 26.0 Å². The molecule has 0 spiro atoms. The molecule has 0 fully saturated rings. The van der Waals surface area contributed by atoms with Crippen molar-refractivity contribution in [3.63, 3.8) is 0 Å². The maximum atomic E-state index is 11.9. The van der Waals surface area contributed by atoms with Crippen LogP contribution < -0.4 is 10.7 Å². The second kappa shape index (κ2) is 5.52. The van der Waals surface area contributed by atoms with Crippen LogP contribution in [-0.4, -0.2) is 5.91 Å². The van der Waals surface area contributed by atoms with Crippen molar-refractivity contribution in [3.05, 3.63) is 69.3 Å². The summed E-state index contributed by atoms with van der Waals surface area (Å²) in [5.41, 5.74) is 0.932. The molecule has 0 saturated heterocycles. The van der Waals surface area contributed by atoms with Crippen LogP contribution in [-0.2, 0) is 6.54 Å². The number of nitrogens with one attached hydrogen (secondary N) is 1. The Balaban J connectivity index is 2.12. The minimum absolute atomic E-state index is 0.116. The number of hydrogen-bond acceptors (Lipinski definition) is 3. The minimum atomic E-state index is -0.208. The Morgan fingerprint density at radius 2 is 1.89 bits per heavy atom. The average Bonchev–Trinajstić information content (AvgIpc) is 2.38. The van der Waals surface area contributed by atoms with Crippen molar-refractivity contribution in [1.29, 1.82) is 0 Å². The van der Waals surface area contributed by atoms with Crippen LogP contribution in [0, 0.1) is 13.8 Å². The third kappa shape index (κ3) is 3.10. The number of hydrogen-bond donors (Lipinski definition) is 1. The van der Waals surface area contributed by atoms with Crippen molar-refractivity contribution >= 4 is 5.91 Å². The molecule has 1 aromatic heterocycles. The van der Waals surface area contributed by atoms with E-state index >= 15 is 0 Å². The quantitative estimate of drug-likeness (QED) is 0.916. The molecule has 0 aliphatic rings. The summed E-state index contributed by atoms with van der Waals surface area (Å²) >= 11 is 0. The van der Waals surface area contributed by atoms with E-state index in [1.807, 2.05) is 6.07 Å². The van der Waals surface area contributed by atoms with Crippen molar-refractivity contribution in [2.24, 2.45) is 0 Å². The van der Waals surface area contributed by atoms with Gasteiger partial charge in [-0.15, -0.1) is 0 Å². The molecule has 0 atom stereocenters. The predicted octanol–water partition coefficient (Wildman–Crippen LogP) is 2.19. The summed E-state index contributed by atoms with van der Waals surface area (Å²) in [7, 11) is 0. The average molecular weight is 257 g/mol. The highest BCUT2D eigenvalue weighted by Crippen LogP contribution is 2.06. The lowest BCUT2D eigenvalue weighted by Crippen LogP contribution is -2.26. The maximum Gasteiger partial charge on any atom is 0.251 e. The Morgan fingerprint density at radius 3 is 2.53 bits per heavy atom. The van der Waals surface area contributed by atoms with Gasteiger partial charge in [-0.25, -0.2) is 0 Å². The molecule has 1 amide bonds. The van der Waals surface area contributed by atoms with Crippen LogP contribution in [0.25, 0.3) is 0 Å². The molecular formula is C15H15NO3. The van der Waals surface area contributed by atoms with E-state index in [-0.39, 0.29) is 17.9 Å². The van der Waals surface area contributed by atoms with Crippen LogP contribution in [0.2, 0.25) is 0 Å². The fourth-order valence-corrected chi connectivity index (χ4v) is 1.85. The molecule has 0 saturated carbocycles. The van der Waals surface area contributed by atoms with E-state index in [1.54, 1.807) is 38.1 Å². The zero-order valence-electron chi connectivity index (χ0n) is 10.9. The smallest absolute Gasteiger partial charge is 0.251 e. The van der Waals surface area contributed by atoms with Gasteiger partial charge in [0.05, 0.1) is 12.1 Å². The lowest BCUT2D eigenvalue weighted by atomic mass is 10.2. The Hall–Kier alpha value is -2.36. The van der Waals surface area contributed by atoms with Gasteiger partial charge >= 0.3 is 0 Å². The van der Waals surface area contributed by atoms with E-state index in [4.69, 9.17) is 4.42 Å². The summed E-state index contributed by atoms with van der Waals surface area (Å²) in [6, 6.07) is 10.3. The lowest BCUT2D eigenvalue weighted by Gasteiger charge is -2.07. The first kappa shape index (κ1) is 13.1. The zero-order chi connectivity index (χ0) is 13.8. The highest BCUT2D eigenvalue weighted by molar-refractivity contribution is 5.94. The molecule has 2 rings (SSSR count). The van der Waals surface area contributed by atoms with Crippen LogP contribution >= 0.6 is 0 Å². The topological polar surface area (TPSA) is 59.3 Å². The Kier molecular flexibility index (Phi) is 3.80. The van der Waals surface area contributed by atoms with Gasteiger partial charge < -0.3 is 9.73 Å². The number of carbonyl (C=O) groups excluding carboxylic acids is 1. The van der Waals surface area contributed by atoms with E-state index in [2.05, 4.69) is 5.32 Å². The van der Waals surface area contributed by atoms with Gasteiger partial charge in [-0.3, -0.25) is 9.59 Å². The molecule has 98 valence electrons. The first-order chi connectivity index (χ1) is 9.08. The molecule has 2 aromatic rings. The molecule has 0 radical (unpaired) electrons. The molecule has 1 N–H and O–H groups in total. The standard InChI is InChI=1S/C15H15NO3/c1-10-8-14(17)13(11(2)19-10)9-16-15(18)12-6-4-3-5-7-12/h3-8H,9H2,1-2H3,(H,16,18). The van der Waals surface area contributed by atoms with E-state index in [9.17, 15) is 9.59 Å². The third-order valence-electron chi connectivity index (χ3n) is 2.83. The van der Waals surface area contributed by atoms with Crippen molar-refractivity contribution in [1.82, 2.24) is 5.32 Å². The van der Waals surface area contributed by atoms with Gasteiger partial charge in [0.15, 0.2) is 5.43 Å². The maximum absolute atomic E-state index is 11.9. The van der Waals surface area contributed by atoms with Gasteiger partial charge in [0.1, 0.15) is 11.5 Å². The molecule has 1 aromatic carbocycles. The van der Waals surface area contributed by atoms with E-state index in [1.165, 1.54) is 6.07 Å². The second-order valence-electron chi connectivity index (χ2n) is 4.30. The lowest BCUT2D eigenvalue weighted by molar-refractivity contribution is 0.0950. The monoisotopic (exact) mass is 257 g/mol. The summed E-state index contributed by atoms with van der Waals surface area (Å²) in [5.74, 6) is 0.902. The molecule has 19 heavy (non-hydrogen) atoms. The van der Waals surface area contributed by atoms with Crippen LogP contribution in [0.1, 0.15) is 27.4 Å². The summed E-state index contributed by atoms with van der Waals surface area (Å²) in [5, 5.41) is 2.72. The van der Waals surface area contributed by atoms with Crippen LogP contribution in [0.5, 0.6) is 0 Å². The molecule has 4 heteroatoms. The number of carbonyl (C=O) groups is 1. The van der Waals surface area contributed by atoms with Crippen molar-refractivity contribution in [2.75, 3.05) is 0 Å². The number of aryl methyl sites for hydroxylation is 2. The third-order valence-corrected chi connectivity index (χ3v) is 2.83. The summed E-state index contributed by atoms with van der Waals surface area (Å²) in [6.45, 7) is 3.61. The van der Waals surface area contributed by atoms with Gasteiger partial charge in [-0.1, -0.05) is 18.2 Å². The van der Waals surface area contributed by atoms with Crippen LogP contribution in [0.3, 0.4) is 0 Å². The van der Waals surface area contributed by atoms with Crippen LogP contribution in [0.4, 0.5) is 0 Å². The molecule has 0 bridgehead atoms. The SMILES string of the molecule is Cc1cc(=O)c(CNC(=O)c2ccccc2)c(C)o1. The van der Waals surface area contributed by atoms with Gasteiger partial charge in [0.25, 0.3) is 5.91 Å². The van der Waals surface area contributed by atoms with Crippen LogP contribution in [0.15, 0.2) is 45.6 Å². The highest BCUT2D eigenvalue weighted by Gasteiger charge is 2.09. The van der Waals surface area contributed by atoms with Crippen molar-refractivity contribution in [2.45, 2.75) is 20.4 Å². The molecule has 0 unspecified atom stereocenters. The number of amides is 1. The fourth-order valence-electron chi connectivity index (χ4n) is 1.85. The molecular weight excluding hydrogens is 242 g/mol. The van der Waals surface area contributed by atoms with Gasteiger partial charge in [-0.2, -0.15) is 0 Å². The van der Waals surface area contributed by atoms with E-state index in [0.29, 0.717) is 22.6 Å². The summed E-state index contributed by atoms with van der Waals surface area (Å²) in [6.07, 6.45) is 0. The predicted molar refractivity (Wildman–Crippen MR) is 72.1 cm³/mol. The molecule has 1 heterocycles. The Morgan fingerprint density at radius 1 is 1.21 bits per heavy atom. The molecule has 4 nitrogen and oxygen atoms in total. The van der Waals surface area contributed by atoms with Gasteiger partial charge in [0, 0.05) is 11.6 Å². The highest BCUT2D eigenvalue weighted by atomic mass is 16.3. The molecule has 0 aliphatic heterocycles. The van der Waals surface area contributed by atoms with Gasteiger partial charge in [0.2, 0.25) is 0 Å². The summed E-state index contributed by atoms with van der Waals surface area (Å²) in [4.78, 5) is 23.7. The van der Waals surface area contributed by atoms with E-state index < -0.39 is 0 Å². The fraction of sp³-hybridized carbons (Fsp3) is 0.200. The summed E-state index contributed by atoms with van der Waals surface area (Å²) < 4.78 is 5.38. The number of rotatable bonds is 3. The largest absolute Gasteiger partial charge is 0.466 e. The zero-order valence-corrected chi connectivity index (χ0v) is 10.9. The normalized spacial score (nSPS) is 10.2. The first-order valence-corrected chi connectivity index (χ1v) is 6.01. The molecule has 0 aliphatic carbocycles. The Labute approximate surface area is 111 Å². The van der Waals surface area contributed by atoms with Crippen molar-refractivity contribution in [3.8, 4) is 0 Å². The van der Waals surface area contributed by atoms with Crippen molar-refractivity contribution < 1.29 is 9.21 Å². The first-order valence-electron chi connectivity index (χ1n) is 6.01.